The predicted molar refractivity (Wildman–Crippen MR) is 83.8 cm³/mol. The van der Waals surface area contributed by atoms with Crippen LogP contribution in [0.5, 0.6) is 17.2 Å². The van der Waals surface area contributed by atoms with Crippen molar-refractivity contribution >= 4 is 5.96 Å². The normalized spacial score (nSPS) is 15.6. The zero-order chi connectivity index (χ0) is 15.9. The first-order chi connectivity index (χ1) is 10.7. The number of rotatable bonds is 5. The summed E-state index contributed by atoms with van der Waals surface area (Å²) in [6.07, 6.45) is 0. The number of aliphatic imine (C=N–C) groups is 1. The van der Waals surface area contributed by atoms with Crippen LogP contribution in [-0.2, 0) is 11.3 Å². The third-order valence-electron chi connectivity index (χ3n) is 3.48. The highest BCUT2D eigenvalue weighted by molar-refractivity contribution is 5.78. The molecule has 1 aliphatic heterocycles. The van der Waals surface area contributed by atoms with Crippen LogP contribution in [0.1, 0.15) is 5.56 Å². The van der Waals surface area contributed by atoms with Gasteiger partial charge in [-0.05, 0) is 17.7 Å². The summed E-state index contributed by atoms with van der Waals surface area (Å²) in [6, 6.07) is 3.74. The third kappa shape index (κ3) is 3.73. The Morgan fingerprint density at radius 3 is 2.23 bits per heavy atom. The summed E-state index contributed by atoms with van der Waals surface area (Å²) in [5.41, 5.74) is 6.96. The highest BCUT2D eigenvalue weighted by Gasteiger charge is 2.14. The lowest BCUT2D eigenvalue weighted by Gasteiger charge is -2.27. The Labute approximate surface area is 130 Å². The number of hydrogen-bond donors (Lipinski definition) is 1. The van der Waals surface area contributed by atoms with E-state index in [0.717, 1.165) is 18.7 Å². The van der Waals surface area contributed by atoms with Gasteiger partial charge in [0.05, 0.1) is 41.1 Å². The Bertz CT molecular complexity index is 503. The van der Waals surface area contributed by atoms with Crippen LogP contribution in [-0.4, -0.2) is 58.5 Å². The summed E-state index contributed by atoms with van der Waals surface area (Å²) < 4.78 is 21.3. The molecule has 0 spiro atoms. The van der Waals surface area contributed by atoms with Gasteiger partial charge in [-0.3, -0.25) is 0 Å². The summed E-state index contributed by atoms with van der Waals surface area (Å²) in [6.45, 7) is 3.34. The van der Waals surface area contributed by atoms with Crippen LogP contribution in [0.25, 0.3) is 0 Å². The van der Waals surface area contributed by atoms with E-state index in [1.165, 1.54) is 0 Å². The first kappa shape index (κ1) is 16.2. The first-order valence-corrected chi connectivity index (χ1v) is 7.11. The number of benzene rings is 1. The molecule has 1 saturated heterocycles. The molecule has 2 N–H and O–H groups in total. The average molecular weight is 309 g/mol. The van der Waals surface area contributed by atoms with Crippen LogP contribution in [0.15, 0.2) is 17.1 Å². The molecule has 0 radical (unpaired) electrons. The molecule has 0 aromatic heterocycles. The van der Waals surface area contributed by atoms with Crippen molar-refractivity contribution in [3.05, 3.63) is 17.7 Å². The number of methoxy groups -OCH3 is 3. The number of morpholine rings is 1. The summed E-state index contributed by atoms with van der Waals surface area (Å²) in [7, 11) is 4.76. The number of hydrogen-bond acceptors (Lipinski definition) is 5. The van der Waals surface area contributed by atoms with E-state index in [1.54, 1.807) is 21.3 Å². The van der Waals surface area contributed by atoms with Gasteiger partial charge in [0.15, 0.2) is 17.5 Å². The molecule has 0 unspecified atom stereocenters. The maximum Gasteiger partial charge on any atom is 0.203 e. The highest BCUT2D eigenvalue weighted by atomic mass is 16.5. The second-order valence-corrected chi connectivity index (χ2v) is 4.81. The van der Waals surface area contributed by atoms with E-state index in [1.807, 2.05) is 17.0 Å². The van der Waals surface area contributed by atoms with Crippen LogP contribution in [0.4, 0.5) is 0 Å². The lowest BCUT2D eigenvalue weighted by molar-refractivity contribution is 0.0674. The largest absolute Gasteiger partial charge is 0.493 e. The minimum atomic E-state index is 0.444. The zero-order valence-corrected chi connectivity index (χ0v) is 13.3. The maximum atomic E-state index is 6.03. The molecule has 2 rings (SSSR count). The molecule has 0 saturated carbocycles. The summed E-state index contributed by atoms with van der Waals surface area (Å²) in [5.74, 6) is 2.31. The average Bonchev–Trinajstić information content (AvgIpc) is 2.59. The van der Waals surface area contributed by atoms with Gasteiger partial charge in [-0.25, -0.2) is 4.99 Å². The lowest BCUT2D eigenvalue weighted by atomic mass is 10.2. The van der Waals surface area contributed by atoms with Crippen LogP contribution in [0.3, 0.4) is 0 Å². The second kappa shape index (κ2) is 7.74. The van der Waals surface area contributed by atoms with Gasteiger partial charge in [-0.15, -0.1) is 0 Å². The topological polar surface area (TPSA) is 78.5 Å². The molecular formula is C15H23N3O4. The summed E-state index contributed by atoms with van der Waals surface area (Å²) in [5, 5.41) is 0. The molecule has 22 heavy (non-hydrogen) atoms. The SMILES string of the molecule is COc1cc(CN=C(N)N2CCOCC2)cc(OC)c1OC. The molecular weight excluding hydrogens is 286 g/mol. The van der Waals surface area contributed by atoms with Crippen molar-refractivity contribution in [2.24, 2.45) is 10.7 Å². The highest BCUT2D eigenvalue weighted by Crippen LogP contribution is 2.38. The number of nitrogens with zero attached hydrogens (tertiary/aromatic N) is 2. The van der Waals surface area contributed by atoms with Crippen LogP contribution >= 0.6 is 0 Å². The van der Waals surface area contributed by atoms with E-state index in [2.05, 4.69) is 4.99 Å². The first-order valence-electron chi connectivity index (χ1n) is 7.11. The zero-order valence-electron chi connectivity index (χ0n) is 13.3. The second-order valence-electron chi connectivity index (χ2n) is 4.81. The van der Waals surface area contributed by atoms with E-state index in [0.29, 0.717) is 43.0 Å². The molecule has 1 aromatic rings. The van der Waals surface area contributed by atoms with Crippen molar-refractivity contribution in [3.63, 3.8) is 0 Å². The van der Waals surface area contributed by atoms with E-state index >= 15 is 0 Å². The van der Waals surface area contributed by atoms with Gasteiger partial charge in [0, 0.05) is 13.1 Å². The van der Waals surface area contributed by atoms with E-state index < -0.39 is 0 Å². The molecule has 0 bridgehead atoms. The molecule has 1 heterocycles. The van der Waals surface area contributed by atoms with Crippen molar-refractivity contribution in [1.29, 1.82) is 0 Å². The fourth-order valence-corrected chi connectivity index (χ4v) is 2.29. The minimum absolute atomic E-state index is 0.444. The monoisotopic (exact) mass is 309 g/mol. The van der Waals surface area contributed by atoms with Gasteiger partial charge in [0.25, 0.3) is 0 Å². The molecule has 0 atom stereocenters. The molecule has 1 aliphatic rings. The Morgan fingerprint density at radius 1 is 1.14 bits per heavy atom. The molecule has 1 aromatic carbocycles. The van der Waals surface area contributed by atoms with E-state index in [9.17, 15) is 0 Å². The molecule has 122 valence electrons. The quantitative estimate of drug-likeness (QED) is 0.642. The molecule has 7 nitrogen and oxygen atoms in total. The van der Waals surface area contributed by atoms with Gasteiger partial charge in [-0.1, -0.05) is 0 Å². The van der Waals surface area contributed by atoms with Crippen molar-refractivity contribution in [3.8, 4) is 17.2 Å². The summed E-state index contributed by atoms with van der Waals surface area (Å²) >= 11 is 0. The van der Waals surface area contributed by atoms with Crippen molar-refractivity contribution < 1.29 is 18.9 Å². The number of ether oxygens (including phenoxy) is 4. The Balaban J connectivity index is 2.14. The van der Waals surface area contributed by atoms with Crippen molar-refractivity contribution in [2.75, 3.05) is 47.6 Å². The van der Waals surface area contributed by atoms with Gasteiger partial charge in [0.1, 0.15) is 0 Å². The Hall–Kier alpha value is -2.15. The van der Waals surface area contributed by atoms with Gasteiger partial charge in [-0.2, -0.15) is 0 Å². The molecule has 0 amide bonds. The summed E-state index contributed by atoms with van der Waals surface area (Å²) in [4.78, 5) is 6.45. The standard InChI is InChI=1S/C15H23N3O4/c1-19-12-8-11(9-13(20-2)14(12)21-3)10-17-15(16)18-4-6-22-7-5-18/h8-9H,4-7,10H2,1-3H3,(H2,16,17). The Morgan fingerprint density at radius 2 is 1.73 bits per heavy atom. The minimum Gasteiger partial charge on any atom is -0.493 e. The molecule has 0 aliphatic carbocycles. The number of guanidine groups is 1. The van der Waals surface area contributed by atoms with Crippen LogP contribution in [0.2, 0.25) is 0 Å². The van der Waals surface area contributed by atoms with Crippen LogP contribution < -0.4 is 19.9 Å². The van der Waals surface area contributed by atoms with Crippen molar-refractivity contribution in [1.82, 2.24) is 4.90 Å². The molecule has 7 heteroatoms. The van der Waals surface area contributed by atoms with Gasteiger partial charge >= 0.3 is 0 Å². The Kier molecular flexibility index (Phi) is 5.71. The molecule has 1 fully saturated rings. The fourth-order valence-electron chi connectivity index (χ4n) is 2.29. The fraction of sp³-hybridized carbons (Fsp3) is 0.533. The third-order valence-corrected chi connectivity index (χ3v) is 3.48. The van der Waals surface area contributed by atoms with E-state index in [4.69, 9.17) is 24.7 Å². The van der Waals surface area contributed by atoms with Gasteiger partial charge < -0.3 is 29.6 Å². The van der Waals surface area contributed by atoms with Crippen molar-refractivity contribution in [2.45, 2.75) is 6.54 Å². The predicted octanol–water partition coefficient (Wildman–Crippen LogP) is 0.859. The van der Waals surface area contributed by atoms with E-state index in [-0.39, 0.29) is 0 Å². The maximum absolute atomic E-state index is 6.03. The van der Waals surface area contributed by atoms with Crippen LogP contribution in [0, 0.1) is 0 Å². The lowest BCUT2D eigenvalue weighted by Crippen LogP contribution is -2.44. The van der Waals surface area contributed by atoms with Gasteiger partial charge in [0.2, 0.25) is 5.75 Å². The smallest absolute Gasteiger partial charge is 0.203 e. The number of nitrogens with two attached hydrogens (primary N) is 1.